The Morgan fingerprint density at radius 2 is 1.76 bits per heavy atom. The molecule has 0 spiro atoms. The predicted octanol–water partition coefficient (Wildman–Crippen LogP) is 3.76. The van der Waals surface area contributed by atoms with Crippen LogP contribution in [0, 0.1) is 19.8 Å². The standard InChI is InChI=1S/C26H38N4O4/c1-17(2)27-23(31)11-7-8-14-29-25(33)21-9-5-6-10-22(21)30(26(29)34)16-24(32)28-20-13-12-18(3)19(4)15-20/h12-13,15,17,21-22H,5-11,14,16H2,1-4H3,(H,27,31)(H,28,32). The molecule has 8 heteroatoms. The minimum atomic E-state index is -0.394. The number of unbranched alkanes of at least 4 members (excludes halogenated alkanes) is 1. The van der Waals surface area contributed by atoms with Crippen molar-refractivity contribution in [3.05, 3.63) is 29.3 Å². The fraction of sp³-hybridized carbons (Fsp3) is 0.615. The van der Waals surface area contributed by atoms with E-state index in [2.05, 4.69) is 10.6 Å². The summed E-state index contributed by atoms with van der Waals surface area (Å²) in [6.07, 6.45) is 4.89. The maximum atomic E-state index is 13.3. The van der Waals surface area contributed by atoms with Crippen LogP contribution in [-0.4, -0.2) is 58.7 Å². The summed E-state index contributed by atoms with van der Waals surface area (Å²) in [5.74, 6) is -0.680. The van der Waals surface area contributed by atoms with Crippen LogP contribution in [0.3, 0.4) is 0 Å². The van der Waals surface area contributed by atoms with Gasteiger partial charge in [0.1, 0.15) is 6.54 Å². The van der Waals surface area contributed by atoms with Gasteiger partial charge in [-0.1, -0.05) is 18.9 Å². The van der Waals surface area contributed by atoms with Crippen molar-refractivity contribution in [3.8, 4) is 0 Å². The maximum Gasteiger partial charge on any atom is 0.327 e. The molecule has 0 aromatic heterocycles. The molecule has 3 rings (SSSR count). The summed E-state index contributed by atoms with van der Waals surface area (Å²) in [5, 5.41) is 5.75. The van der Waals surface area contributed by atoms with Crippen molar-refractivity contribution in [1.82, 2.24) is 15.1 Å². The van der Waals surface area contributed by atoms with Gasteiger partial charge in [-0.2, -0.15) is 0 Å². The Labute approximate surface area is 202 Å². The molecule has 186 valence electrons. The van der Waals surface area contributed by atoms with Crippen LogP contribution in [0.25, 0.3) is 0 Å². The molecule has 5 amide bonds. The van der Waals surface area contributed by atoms with Crippen LogP contribution < -0.4 is 10.6 Å². The molecule has 34 heavy (non-hydrogen) atoms. The lowest BCUT2D eigenvalue weighted by atomic mass is 9.81. The average Bonchev–Trinajstić information content (AvgIpc) is 2.78. The summed E-state index contributed by atoms with van der Waals surface area (Å²) in [5.41, 5.74) is 2.92. The normalized spacial score (nSPS) is 20.4. The van der Waals surface area contributed by atoms with Crippen LogP contribution in [0.5, 0.6) is 0 Å². The molecule has 1 saturated heterocycles. The largest absolute Gasteiger partial charge is 0.354 e. The van der Waals surface area contributed by atoms with E-state index in [1.54, 1.807) is 4.90 Å². The number of amides is 5. The third-order valence-electron chi connectivity index (χ3n) is 6.78. The maximum absolute atomic E-state index is 13.3. The number of hydrogen-bond acceptors (Lipinski definition) is 4. The number of anilines is 1. The zero-order valence-electron chi connectivity index (χ0n) is 20.9. The minimum Gasteiger partial charge on any atom is -0.354 e. The number of aryl methyl sites for hydroxylation is 2. The molecule has 1 saturated carbocycles. The average molecular weight is 471 g/mol. The summed E-state index contributed by atoms with van der Waals surface area (Å²) in [7, 11) is 0. The van der Waals surface area contributed by atoms with Crippen molar-refractivity contribution in [1.29, 1.82) is 0 Å². The van der Waals surface area contributed by atoms with Gasteiger partial charge >= 0.3 is 6.03 Å². The number of carbonyl (C=O) groups is 4. The highest BCUT2D eigenvalue weighted by molar-refractivity contribution is 6.01. The molecule has 1 aliphatic carbocycles. The number of rotatable bonds is 9. The van der Waals surface area contributed by atoms with Gasteiger partial charge in [-0.25, -0.2) is 4.79 Å². The summed E-state index contributed by atoms with van der Waals surface area (Å²) in [6.45, 7) is 8.02. The molecule has 1 heterocycles. The van der Waals surface area contributed by atoms with Crippen molar-refractivity contribution in [2.75, 3.05) is 18.4 Å². The smallest absolute Gasteiger partial charge is 0.327 e. The van der Waals surface area contributed by atoms with E-state index < -0.39 is 6.03 Å². The second-order valence-corrected chi connectivity index (χ2v) is 9.89. The van der Waals surface area contributed by atoms with Crippen LogP contribution in [0.15, 0.2) is 18.2 Å². The van der Waals surface area contributed by atoms with Gasteiger partial charge in [0.25, 0.3) is 0 Å². The van der Waals surface area contributed by atoms with E-state index in [4.69, 9.17) is 0 Å². The summed E-state index contributed by atoms with van der Waals surface area (Å²) >= 11 is 0. The molecule has 0 radical (unpaired) electrons. The van der Waals surface area contributed by atoms with E-state index in [-0.39, 0.29) is 48.8 Å². The van der Waals surface area contributed by atoms with Gasteiger partial charge in [-0.05, 0) is 76.6 Å². The molecule has 8 nitrogen and oxygen atoms in total. The van der Waals surface area contributed by atoms with Crippen molar-refractivity contribution < 1.29 is 19.2 Å². The number of hydrogen-bond donors (Lipinski definition) is 2. The van der Waals surface area contributed by atoms with Gasteiger partial charge in [0, 0.05) is 30.7 Å². The van der Waals surface area contributed by atoms with Crippen LogP contribution >= 0.6 is 0 Å². The molecular formula is C26H38N4O4. The van der Waals surface area contributed by atoms with E-state index in [9.17, 15) is 19.2 Å². The number of nitrogens with zero attached hydrogens (tertiary/aromatic N) is 2. The molecule has 2 atom stereocenters. The van der Waals surface area contributed by atoms with E-state index in [0.29, 0.717) is 24.9 Å². The van der Waals surface area contributed by atoms with E-state index in [1.807, 2.05) is 45.9 Å². The first-order valence-electron chi connectivity index (χ1n) is 12.5. The molecule has 1 aromatic carbocycles. The third-order valence-corrected chi connectivity index (χ3v) is 6.78. The monoisotopic (exact) mass is 470 g/mol. The Bertz CT molecular complexity index is 929. The molecular weight excluding hydrogens is 432 g/mol. The van der Waals surface area contributed by atoms with Crippen LogP contribution in [0.4, 0.5) is 10.5 Å². The lowest BCUT2D eigenvalue weighted by Gasteiger charge is -2.46. The molecule has 2 unspecified atom stereocenters. The summed E-state index contributed by atoms with van der Waals surface area (Å²) in [4.78, 5) is 54.1. The predicted molar refractivity (Wildman–Crippen MR) is 131 cm³/mol. The minimum absolute atomic E-state index is 0.0247. The number of carbonyl (C=O) groups excluding carboxylic acids is 4. The molecule has 2 fully saturated rings. The Morgan fingerprint density at radius 3 is 2.47 bits per heavy atom. The Hall–Kier alpha value is -2.90. The number of benzene rings is 1. The highest BCUT2D eigenvalue weighted by atomic mass is 16.2. The lowest BCUT2D eigenvalue weighted by molar-refractivity contribution is -0.141. The fourth-order valence-electron chi connectivity index (χ4n) is 4.88. The van der Waals surface area contributed by atoms with E-state index in [0.717, 1.165) is 36.8 Å². The van der Waals surface area contributed by atoms with Crippen molar-refractivity contribution in [2.24, 2.45) is 5.92 Å². The van der Waals surface area contributed by atoms with Crippen LogP contribution in [0.1, 0.15) is 69.9 Å². The zero-order valence-corrected chi connectivity index (χ0v) is 20.9. The van der Waals surface area contributed by atoms with Gasteiger partial charge in [0.2, 0.25) is 17.7 Å². The van der Waals surface area contributed by atoms with Gasteiger partial charge in [0.05, 0.1) is 5.92 Å². The fourth-order valence-corrected chi connectivity index (χ4v) is 4.88. The first kappa shape index (κ1) is 25.7. The molecule has 1 aromatic rings. The van der Waals surface area contributed by atoms with Crippen LogP contribution in [-0.2, 0) is 14.4 Å². The zero-order chi connectivity index (χ0) is 24.8. The first-order valence-corrected chi connectivity index (χ1v) is 12.5. The number of nitrogens with one attached hydrogen (secondary N) is 2. The molecule has 2 aliphatic rings. The molecule has 1 aliphatic heterocycles. The van der Waals surface area contributed by atoms with Crippen molar-refractivity contribution in [3.63, 3.8) is 0 Å². The van der Waals surface area contributed by atoms with Crippen LogP contribution in [0.2, 0.25) is 0 Å². The Balaban J connectivity index is 1.64. The van der Waals surface area contributed by atoms with Gasteiger partial charge < -0.3 is 15.5 Å². The SMILES string of the molecule is Cc1ccc(NC(=O)CN2C(=O)N(CCCCC(=O)NC(C)C)C(=O)C3CCCCC32)cc1C. The van der Waals surface area contributed by atoms with Crippen molar-refractivity contribution >= 4 is 29.4 Å². The second-order valence-electron chi connectivity index (χ2n) is 9.89. The third kappa shape index (κ3) is 6.36. The second kappa shape index (κ2) is 11.5. The number of imide groups is 1. The Kier molecular flexibility index (Phi) is 8.69. The highest BCUT2D eigenvalue weighted by Crippen LogP contribution is 2.34. The Morgan fingerprint density at radius 1 is 1.03 bits per heavy atom. The summed E-state index contributed by atoms with van der Waals surface area (Å²) < 4.78 is 0. The van der Waals surface area contributed by atoms with E-state index in [1.165, 1.54) is 4.90 Å². The van der Waals surface area contributed by atoms with Gasteiger partial charge in [-0.3, -0.25) is 19.3 Å². The molecule has 2 N–H and O–H groups in total. The number of urea groups is 1. The van der Waals surface area contributed by atoms with Gasteiger partial charge in [0.15, 0.2) is 0 Å². The molecule has 0 bridgehead atoms. The lowest BCUT2D eigenvalue weighted by Crippen LogP contribution is -2.63. The van der Waals surface area contributed by atoms with Gasteiger partial charge in [-0.15, -0.1) is 0 Å². The van der Waals surface area contributed by atoms with Crippen molar-refractivity contribution in [2.45, 2.75) is 84.7 Å². The number of fused-ring (bicyclic) bond motifs is 1. The quantitative estimate of drug-likeness (QED) is 0.537. The highest BCUT2D eigenvalue weighted by Gasteiger charge is 2.47. The van der Waals surface area contributed by atoms with E-state index >= 15 is 0 Å². The first-order chi connectivity index (χ1) is 16.2. The topological polar surface area (TPSA) is 98.8 Å². The summed E-state index contributed by atoms with van der Waals surface area (Å²) in [6, 6.07) is 5.19.